The number of rotatable bonds is 4. The second-order valence-electron chi connectivity index (χ2n) is 7.70. The predicted octanol–water partition coefficient (Wildman–Crippen LogP) is 3.37. The van der Waals surface area contributed by atoms with Crippen molar-refractivity contribution >= 4 is 27.7 Å². The highest BCUT2D eigenvalue weighted by molar-refractivity contribution is 8.00. The van der Waals surface area contributed by atoms with E-state index >= 15 is 0 Å². The summed E-state index contributed by atoms with van der Waals surface area (Å²) >= 11 is 1.77. The van der Waals surface area contributed by atoms with Gasteiger partial charge in [-0.2, -0.15) is 4.31 Å². The Labute approximate surface area is 182 Å². The molecule has 2 aliphatic heterocycles. The van der Waals surface area contributed by atoms with Gasteiger partial charge in [0, 0.05) is 31.0 Å². The molecular weight excluding hydrogens is 420 g/mol. The van der Waals surface area contributed by atoms with E-state index < -0.39 is 10.0 Å². The Hall–Kier alpha value is -2.03. The number of thioether (sulfide) groups is 1. The molecule has 0 radical (unpaired) electrons. The molecule has 0 saturated carbocycles. The largest absolute Gasteiger partial charge is 0.497 e. The van der Waals surface area contributed by atoms with Crippen LogP contribution in [0, 0.1) is 6.92 Å². The molecule has 0 unspecified atom stereocenters. The number of ether oxygens (including phenoxy) is 1. The second-order valence-corrected chi connectivity index (χ2v) is 11.1. The van der Waals surface area contributed by atoms with Crippen molar-refractivity contribution in [2.24, 2.45) is 0 Å². The van der Waals surface area contributed by atoms with Crippen molar-refractivity contribution in [3.05, 3.63) is 59.7 Å². The summed E-state index contributed by atoms with van der Waals surface area (Å²) in [5.74, 6) is 1.58. The lowest BCUT2D eigenvalue weighted by Crippen LogP contribution is -2.53. The molecule has 4 rings (SSSR count). The van der Waals surface area contributed by atoms with Crippen LogP contribution in [0.1, 0.15) is 28.8 Å². The van der Waals surface area contributed by atoms with Gasteiger partial charge >= 0.3 is 0 Å². The number of piperidine rings is 1. The van der Waals surface area contributed by atoms with Gasteiger partial charge in [0.05, 0.1) is 16.9 Å². The van der Waals surface area contributed by atoms with Gasteiger partial charge in [-0.25, -0.2) is 8.42 Å². The minimum absolute atomic E-state index is 0.00232. The van der Waals surface area contributed by atoms with Crippen LogP contribution in [0.4, 0.5) is 0 Å². The van der Waals surface area contributed by atoms with Crippen molar-refractivity contribution in [2.45, 2.75) is 29.5 Å². The molecule has 1 amide bonds. The first-order valence-corrected chi connectivity index (χ1v) is 12.5. The monoisotopic (exact) mass is 446 g/mol. The normalized spacial score (nSPS) is 19.2. The van der Waals surface area contributed by atoms with Gasteiger partial charge in [-0.3, -0.25) is 4.79 Å². The lowest BCUT2D eigenvalue weighted by atomic mass is 10.0. The van der Waals surface area contributed by atoms with Crippen LogP contribution in [0.3, 0.4) is 0 Å². The number of methoxy groups -OCH3 is 1. The molecule has 2 aromatic rings. The topological polar surface area (TPSA) is 66.9 Å². The average molecular weight is 447 g/mol. The Kier molecular flexibility index (Phi) is 5.83. The number of aryl methyl sites for hydroxylation is 1. The quantitative estimate of drug-likeness (QED) is 0.720. The Morgan fingerprint density at radius 3 is 2.23 bits per heavy atom. The summed E-state index contributed by atoms with van der Waals surface area (Å²) in [7, 11) is -1.92. The van der Waals surface area contributed by atoms with Gasteiger partial charge in [-0.1, -0.05) is 17.7 Å². The van der Waals surface area contributed by atoms with Crippen LogP contribution in [0.5, 0.6) is 5.75 Å². The zero-order chi connectivity index (χ0) is 21.4. The third kappa shape index (κ3) is 3.84. The molecular formula is C22H26N2O4S2. The summed E-state index contributed by atoms with van der Waals surface area (Å²) in [5.41, 5.74) is 1.66. The Bertz CT molecular complexity index is 1010. The minimum Gasteiger partial charge on any atom is -0.497 e. The van der Waals surface area contributed by atoms with Crippen molar-refractivity contribution < 1.29 is 17.9 Å². The van der Waals surface area contributed by atoms with E-state index in [2.05, 4.69) is 0 Å². The fourth-order valence-corrected chi connectivity index (χ4v) is 7.03. The molecule has 160 valence electrons. The van der Waals surface area contributed by atoms with Gasteiger partial charge in [0.1, 0.15) is 5.75 Å². The maximum absolute atomic E-state index is 13.2. The van der Waals surface area contributed by atoms with Crippen molar-refractivity contribution in [3.63, 3.8) is 0 Å². The Balaban J connectivity index is 1.49. The molecule has 2 aromatic carbocycles. The SMILES string of the molecule is COc1ccc(C(=O)N2CCSC23CCN(S(=O)(=O)c2ccc(C)cc2)CC3)cc1. The molecule has 30 heavy (non-hydrogen) atoms. The highest BCUT2D eigenvalue weighted by Gasteiger charge is 2.48. The number of amides is 1. The minimum atomic E-state index is -3.52. The van der Waals surface area contributed by atoms with Crippen LogP contribution in [-0.2, 0) is 10.0 Å². The van der Waals surface area contributed by atoms with E-state index in [4.69, 9.17) is 4.74 Å². The highest BCUT2D eigenvalue weighted by atomic mass is 32.2. The lowest BCUT2D eigenvalue weighted by Gasteiger charge is -2.43. The van der Waals surface area contributed by atoms with Crippen LogP contribution < -0.4 is 4.74 Å². The fourth-order valence-electron chi connectivity index (χ4n) is 4.13. The summed E-state index contributed by atoms with van der Waals surface area (Å²) in [4.78, 5) is 15.1. The van der Waals surface area contributed by atoms with Crippen LogP contribution >= 0.6 is 11.8 Å². The first kappa shape index (κ1) is 21.2. The average Bonchev–Trinajstić information content (AvgIpc) is 3.16. The van der Waals surface area contributed by atoms with Crippen LogP contribution in [0.2, 0.25) is 0 Å². The predicted molar refractivity (Wildman–Crippen MR) is 118 cm³/mol. The van der Waals surface area contributed by atoms with Crippen LogP contribution in [0.25, 0.3) is 0 Å². The van der Waals surface area contributed by atoms with E-state index in [-0.39, 0.29) is 10.8 Å². The van der Waals surface area contributed by atoms with Crippen molar-refractivity contribution in [1.82, 2.24) is 9.21 Å². The maximum Gasteiger partial charge on any atom is 0.255 e. The molecule has 2 aliphatic rings. The summed E-state index contributed by atoms with van der Waals surface area (Å²) in [6, 6.07) is 14.1. The molecule has 2 saturated heterocycles. The number of benzene rings is 2. The van der Waals surface area contributed by atoms with Crippen LogP contribution in [-0.4, -0.2) is 60.9 Å². The maximum atomic E-state index is 13.2. The van der Waals surface area contributed by atoms with E-state index in [9.17, 15) is 13.2 Å². The molecule has 0 atom stereocenters. The van der Waals surface area contributed by atoms with Gasteiger partial charge in [-0.05, 0) is 56.2 Å². The van der Waals surface area contributed by atoms with Gasteiger partial charge < -0.3 is 9.64 Å². The number of carbonyl (C=O) groups is 1. The van der Waals surface area contributed by atoms with Gasteiger partial charge in [0.2, 0.25) is 10.0 Å². The summed E-state index contributed by atoms with van der Waals surface area (Å²) < 4.78 is 32.8. The Morgan fingerprint density at radius 1 is 1.00 bits per heavy atom. The zero-order valence-electron chi connectivity index (χ0n) is 17.2. The first-order valence-electron chi connectivity index (χ1n) is 10.0. The summed E-state index contributed by atoms with van der Waals surface area (Å²) in [6.45, 7) is 3.44. The van der Waals surface area contributed by atoms with Gasteiger partial charge in [-0.15, -0.1) is 11.8 Å². The van der Waals surface area contributed by atoms with E-state index in [1.54, 1.807) is 59.6 Å². The molecule has 0 aromatic heterocycles. The summed E-state index contributed by atoms with van der Waals surface area (Å²) in [5, 5.41) is 0. The number of hydrogen-bond donors (Lipinski definition) is 0. The third-order valence-corrected chi connectivity index (χ3v) is 9.39. The van der Waals surface area contributed by atoms with E-state index in [0.29, 0.717) is 48.7 Å². The van der Waals surface area contributed by atoms with Crippen molar-refractivity contribution in [2.75, 3.05) is 32.5 Å². The third-order valence-electron chi connectivity index (χ3n) is 5.92. The lowest BCUT2D eigenvalue weighted by molar-refractivity contribution is 0.0605. The molecule has 2 heterocycles. The molecule has 2 fully saturated rings. The van der Waals surface area contributed by atoms with E-state index in [1.807, 2.05) is 24.0 Å². The van der Waals surface area contributed by atoms with Crippen LogP contribution in [0.15, 0.2) is 53.4 Å². The molecule has 8 heteroatoms. The van der Waals surface area contributed by atoms with Gasteiger partial charge in [0.15, 0.2) is 0 Å². The molecule has 6 nitrogen and oxygen atoms in total. The Morgan fingerprint density at radius 2 is 1.63 bits per heavy atom. The molecule has 1 spiro atoms. The fraction of sp³-hybridized carbons (Fsp3) is 0.409. The van der Waals surface area contributed by atoms with Crippen molar-refractivity contribution in [3.8, 4) is 5.75 Å². The van der Waals surface area contributed by atoms with E-state index in [0.717, 1.165) is 11.3 Å². The zero-order valence-corrected chi connectivity index (χ0v) is 18.8. The number of sulfonamides is 1. The number of hydrogen-bond acceptors (Lipinski definition) is 5. The highest BCUT2D eigenvalue weighted by Crippen LogP contribution is 2.45. The molecule has 0 N–H and O–H groups in total. The standard InChI is InChI=1S/C22H26N2O4S2/c1-17-3-9-20(10-4-17)30(26,27)23-13-11-22(12-14-23)24(15-16-29-22)21(25)18-5-7-19(28-2)8-6-18/h3-10H,11-16H2,1-2H3. The van der Waals surface area contributed by atoms with Gasteiger partial charge in [0.25, 0.3) is 5.91 Å². The number of nitrogens with zero attached hydrogens (tertiary/aromatic N) is 2. The van der Waals surface area contributed by atoms with E-state index in [1.165, 1.54) is 0 Å². The van der Waals surface area contributed by atoms with Crippen molar-refractivity contribution in [1.29, 1.82) is 0 Å². The molecule has 0 aliphatic carbocycles. The smallest absolute Gasteiger partial charge is 0.255 e. The second kappa shape index (κ2) is 8.24. The molecule has 0 bridgehead atoms. The number of carbonyl (C=O) groups excluding carboxylic acids is 1. The first-order chi connectivity index (χ1) is 14.4. The summed E-state index contributed by atoms with van der Waals surface area (Å²) in [6.07, 6.45) is 1.26.